The number of esters is 1. The largest absolute Gasteiger partial charge is 0.457 e. The van der Waals surface area contributed by atoms with Crippen LogP contribution in [-0.2, 0) is 29.3 Å². The minimum atomic E-state index is -3.61. The van der Waals surface area contributed by atoms with E-state index in [4.69, 9.17) is 9.47 Å². The van der Waals surface area contributed by atoms with E-state index in [2.05, 4.69) is 13.2 Å². The van der Waals surface area contributed by atoms with Crippen molar-refractivity contribution in [2.75, 3.05) is 46.4 Å². The smallest absolute Gasteiger partial charge is 0.410 e. The van der Waals surface area contributed by atoms with Gasteiger partial charge in [0.2, 0.25) is 5.91 Å². The number of aliphatic hydroxyl groups is 1. The molecule has 0 saturated carbocycles. The summed E-state index contributed by atoms with van der Waals surface area (Å²) in [5.41, 5.74) is 0.161. The number of fused-ring (bicyclic) bond motifs is 1. The molecule has 0 unspecified atom stereocenters. The van der Waals surface area contributed by atoms with Crippen LogP contribution in [-0.4, -0.2) is 120 Å². The molecule has 12 nitrogen and oxygen atoms in total. The number of thioether (sulfide) groups is 1. The lowest BCUT2D eigenvalue weighted by Gasteiger charge is -2.46. The van der Waals surface area contributed by atoms with Crippen LogP contribution in [0.25, 0.3) is 0 Å². The Morgan fingerprint density at radius 1 is 1.21 bits per heavy atom. The zero-order valence-electron chi connectivity index (χ0n) is 22.4. The third-order valence-corrected chi connectivity index (χ3v) is 11.1. The van der Waals surface area contributed by atoms with Crippen molar-refractivity contribution in [3.63, 3.8) is 0 Å². The molecule has 4 aliphatic rings. The second-order valence-electron chi connectivity index (χ2n) is 10.2. The van der Waals surface area contributed by atoms with Gasteiger partial charge in [0.15, 0.2) is 0 Å². The maximum atomic E-state index is 13.1. The number of aliphatic hydroxyl groups excluding tert-OH is 1. The molecule has 3 saturated heterocycles. The molecule has 2 amide bonds. The second-order valence-corrected chi connectivity index (χ2v) is 13.6. The Balaban J connectivity index is 1.59. The van der Waals surface area contributed by atoms with Crippen LogP contribution >= 0.6 is 11.8 Å². The first-order chi connectivity index (χ1) is 18.4. The lowest BCUT2D eigenvalue weighted by molar-refractivity contribution is -0.164. The molecular formula is C25H36N4O8S2. The van der Waals surface area contributed by atoms with E-state index >= 15 is 0 Å². The molecule has 3 fully saturated rings. The van der Waals surface area contributed by atoms with E-state index in [0.717, 1.165) is 0 Å². The van der Waals surface area contributed by atoms with Crippen molar-refractivity contribution in [1.29, 1.82) is 0 Å². The highest BCUT2D eigenvalue weighted by Gasteiger charge is 2.60. The van der Waals surface area contributed by atoms with Crippen molar-refractivity contribution in [1.82, 2.24) is 18.4 Å². The van der Waals surface area contributed by atoms with Crippen LogP contribution in [0.5, 0.6) is 0 Å². The van der Waals surface area contributed by atoms with Crippen molar-refractivity contribution in [2.45, 2.75) is 43.7 Å². The number of amides is 2. The number of rotatable bonds is 10. The van der Waals surface area contributed by atoms with Gasteiger partial charge in [0.05, 0.1) is 24.1 Å². The van der Waals surface area contributed by atoms with Crippen molar-refractivity contribution in [3.8, 4) is 0 Å². The van der Waals surface area contributed by atoms with E-state index in [-0.39, 0.29) is 55.1 Å². The van der Waals surface area contributed by atoms with Crippen LogP contribution in [0.15, 0.2) is 35.9 Å². The van der Waals surface area contributed by atoms with Gasteiger partial charge in [0.1, 0.15) is 18.9 Å². The molecule has 0 spiro atoms. The van der Waals surface area contributed by atoms with Gasteiger partial charge in [-0.3, -0.25) is 4.79 Å². The average Bonchev–Trinajstić information content (AvgIpc) is 3.48. The third-order valence-electron chi connectivity index (χ3n) is 7.66. The fraction of sp³-hybridized carbons (Fsp3) is 0.640. The van der Waals surface area contributed by atoms with Gasteiger partial charge in [-0.05, 0) is 13.3 Å². The zero-order valence-corrected chi connectivity index (χ0v) is 24.0. The van der Waals surface area contributed by atoms with Crippen molar-refractivity contribution in [3.05, 3.63) is 35.9 Å². The lowest BCUT2D eigenvalue weighted by atomic mass is 9.79. The fourth-order valence-corrected chi connectivity index (χ4v) is 8.66. The molecule has 0 aromatic rings. The maximum Gasteiger partial charge on any atom is 0.410 e. The minimum Gasteiger partial charge on any atom is -0.457 e. The summed E-state index contributed by atoms with van der Waals surface area (Å²) in [5.74, 6) is -1.84. The molecule has 4 rings (SSSR count). The summed E-state index contributed by atoms with van der Waals surface area (Å²) in [4.78, 5) is 42.5. The number of ether oxygens (including phenoxy) is 2. The normalized spacial score (nSPS) is 31.2. The Labute approximate surface area is 233 Å². The Morgan fingerprint density at radius 3 is 2.46 bits per heavy atom. The molecule has 0 radical (unpaired) electrons. The first kappa shape index (κ1) is 29.6. The third kappa shape index (κ3) is 5.36. The molecule has 0 bridgehead atoms. The number of likely N-dealkylation sites (N-methyl/N-ethyl adjacent to an activating group) is 1. The Bertz CT molecular complexity index is 1170. The van der Waals surface area contributed by atoms with Crippen molar-refractivity contribution < 1.29 is 37.4 Å². The molecule has 14 heteroatoms. The maximum absolute atomic E-state index is 13.1. The van der Waals surface area contributed by atoms with Crippen LogP contribution < -0.4 is 0 Å². The predicted octanol–water partition coefficient (Wildman–Crippen LogP) is 0.776. The molecule has 4 aliphatic heterocycles. The van der Waals surface area contributed by atoms with Crippen LogP contribution in [0.1, 0.15) is 20.3 Å². The molecule has 1 N–H and O–H groups in total. The Morgan fingerprint density at radius 2 is 1.87 bits per heavy atom. The van der Waals surface area contributed by atoms with E-state index in [1.807, 2.05) is 6.92 Å². The summed E-state index contributed by atoms with van der Waals surface area (Å²) in [6.07, 6.45) is 1.91. The number of likely N-dealkylation sites (tertiary alicyclic amines) is 1. The Hall–Kier alpha value is -2.39. The highest BCUT2D eigenvalue weighted by atomic mass is 32.2. The monoisotopic (exact) mass is 584 g/mol. The molecule has 6 atom stereocenters. The van der Waals surface area contributed by atoms with Crippen LogP contribution in [0.2, 0.25) is 0 Å². The van der Waals surface area contributed by atoms with Gasteiger partial charge in [0, 0.05) is 49.3 Å². The minimum absolute atomic E-state index is 0.0194. The fourth-order valence-electron chi connectivity index (χ4n) is 5.72. The summed E-state index contributed by atoms with van der Waals surface area (Å²) >= 11 is 1.39. The molecule has 0 aliphatic carbocycles. The number of β-lactam (4-membered cyclic amide) rings is 1. The number of hydrogen-bond acceptors (Lipinski definition) is 9. The Kier molecular flexibility index (Phi) is 8.81. The van der Waals surface area contributed by atoms with E-state index in [1.54, 1.807) is 6.92 Å². The zero-order chi connectivity index (χ0) is 28.6. The molecule has 216 valence electrons. The first-order valence-electron chi connectivity index (χ1n) is 12.9. The summed E-state index contributed by atoms with van der Waals surface area (Å²) in [6.45, 7) is 11.7. The van der Waals surface area contributed by atoms with Crippen LogP contribution in [0.4, 0.5) is 4.79 Å². The van der Waals surface area contributed by atoms with Crippen molar-refractivity contribution >= 4 is 39.9 Å². The van der Waals surface area contributed by atoms with E-state index in [1.165, 1.54) is 49.4 Å². The number of hydrogen-bond donors (Lipinski definition) is 1. The molecule has 0 aromatic carbocycles. The number of nitrogens with zero attached hydrogens (tertiary/aromatic N) is 4. The van der Waals surface area contributed by atoms with Crippen LogP contribution in [0, 0.1) is 11.8 Å². The van der Waals surface area contributed by atoms with Gasteiger partial charge >= 0.3 is 12.1 Å². The van der Waals surface area contributed by atoms with Gasteiger partial charge in [0.25, 0.3) is 10.2 Å². The molecule has 4 heterocycles. The lowest BCUT2D eigenvalue weighted by Crippen LogP contribution is -2.63. The van der Waals surface area contributed by atoms with Gasteiger partial charge in [-0.2, -0.15) is 17.0 Å². The predicted molar refractivity (Wildman–Crippen MR) is 144 cm³/mol. The highest BCUT2D eigenvalue weighted by Crippen LogP contribution is 2.52. The van der Waals surface area contributed by atoms with Crippen LogP contribution in [0.3, 0.4) is 0 Å². The number of carbonyl (C=O) groups excluding carboxylic acids is 3. The summed E-state index contributed by atoms with van der Waals surface area (Å²) in [7, 11) is -2.09. The number of carbonyl (C=O) groups is 3. The molecular weight excluding hydrogens is 548 g/mol. The summed E-state index contributed by atoms with van der Waals surface area (Å²) in [6, 6.07) is -0.819. The van der Waals surface area contributed by atoms with E-state index in [0.29, 0.717) is 24.4 Å². The standard InChI is InChI=1S/C25H36N4O8S2/c1-6-10-36-24(32)21-22(15(3)20-19(16(4)30)23(31)29(20)21)38-18-12-17(28(14-18)25(33)37-11-7-2)13-27-9-8-26(5)39(27,34)35/h6-7,15-20,30H,1-2,8-14H2,3-5H3/t15-,16-,17+,18+,19-,20-/m1/s1. The van der Waals surface area contributed by atoms with E-state index < -0.39 is 40.3 Å². The van der Waals surface area contributed by atoms with Gasteiger partial charge < -0.3 is 24.4 Å². The summed E-state index contributed by atoms with van der Waals surface area (Å²) in [5, 5.41) is 10.0. The molecule has 39 heavy (non-hydrogen) atoms. The first-order valence-corrected chi connectivity index (χ1v) is 15.2. The van der Waals surface area contributed by atoms with E-state index in [9.17, 15) is 27.9 Å². The van der Waals surface area contributed by atoms with Gasteiger partial charge in [-0.15, -0.1) is 11.8 Å². The summed E-state index contributed by atoms with van der Waals surface area (Å²) < 4.78 is 38.7. The van der Waals surface area contributed by atoms with Gasteiger partial charge in [-0.1, -0.05) is 32.2 Å². The average molecular weight is 585 g/mol. The quantitative estimate of drug-likeness (QED) is 0.224. The molecule has 0 aromatic heterocycles. The topological polar surface area (TPSA) is 137 Å². The SMILES string of the molecule is C=CCOC(=O)C1=C(S[C@H]2C[C@@H](CN3CCN(C)S3(=O)=O)N(C(=O)OCC=C)C2)[C@H](C)[C@@H]2[C@@H]([C@@H](C)O)C(=O)N12. The highest BCUT2D eigenvalue weighted by molar-refractivity contribution is 8.03. The second kappa shape index (κ2) is 11.6. The van der Waals surface area contributed by atoms with Gasteiger partial charge in [-0.25, -0.2) is 9.59 Å². The van der Waals surface area contributed by atoms with Crippen molar-refractivity contribution in [2.24, 2.45) is 11.8 Å².